The number of aromatic nitrogens is 4. The summed E-state index contributed by atoms with van der Waals surface area (Å²) >= 11 is 0. The lowest BCUT2D eigenvalue weighted by molar-refractivity contribution is -0.131. The van der Waals surface area contributed by atoms with E-state index in [-0.39, 0.29) is 24.9 Å². The van der Waals surface area contributed by atoms with E-state index >= 15 is 0 Å². The third kappa shape index (κ3) is 3.03. The van der Waals surface area contributed by atoms with E-state index in [1.165, 1.54) is 23.9 Å². The first-order chi connectivity index (χ1) is 8.77. The molecule has 0 aromatic carbocycles. The summed E-state index contributed by atoms with van der Waals surface area (Å²) in [6, 6.07) is 0. The van der Waals surface area contributed by atoms with E-state index in [0.29, 0.717) is 5.41 Å². The van der Waals surface area contributed by atoms with Crippen LogP contribution in [-0.4, -0.2) is 57.2 Å². The van der Waals surface area contributed by atoms with E-state index in [4.69, 9.17) is 0 Å². The van der Waals surface area contributed by atoms with Crippen LogP contribution in [0.3, 0.4) is 0 Å². The van der Waals surface area contributed by atoms with Crippen LogP contribution in [0.15, 0.2) is 6.33 Å². The standard InChI is InChI=1S/C11H18N6O.ClH/c18-10(7-17-9-13-14-15-17)16-6-3-11(8-16)1-4-12-5-2-11;/h9,12H,1-8H2;1H. The number of nitrogens with one attached hydrogen (secondary N) is 1. The number of hydrogen-bond donors (Lipinski definition) is 1. The van der Waals surface area contributed by atoms with Crippen LogP contribution < -0.4 is 5.32 Å². The van der Waals surface area contributed by atoms with Crippen molar-refractivity contribution in [1.82, 2.24) is 30.4 Å². The number of likely N-dealkylation sites (tertiary alicyclic amines) is 1. The van der Waals surface area contributed by atoms with Gasteiger partial charge in [-0.15, -0.1) is 17.5 Å². The molecule has 2 aliphatic heterocycles. The Morgan fingerprint density at radius 1 is 1.32 bits per heavy atom. The lowest BCUT2D eigenvalue weighted by Crippen LogP contribution is -2.40. The monoisotopic (exact) mass is 286 g/mol. The predicted octanol–water partition coefficient (Wildman–Crippen LogP) is -0.303. The van der Waals surface area contributed by atoms with Gasteiger partial charge in [-0.1, -0.05) is 0 Å². The van der Waals surface area contributed by atoms with Crippen molar-refractivity contribution < 1.29 is 4.79 Å². The summed E-state index contributed by atoms with van der Waals surface area (Å²) in [6.07, 6.45) is 4.98. The highest BCUT2D eigenvalue weighted by atomic mass is 35.5. The lowest BCUT2D eigenvalue weighted by atomic mass is 9.78. The van der Waals surface area contributed by atoms with E-state index < -0.39 is 0 Å². The number of hydrogen-bond acceptors (Lipinski definition) is 5. The number of carbonyl (C=O) groups is 1. The molecule has 106 valence electrons. The molecule has 1 aromatic rings. The van der Waals surface area contributed by atoms with Crippen LogP contribution in [0.1, 0.15) is 19.3 Å². The molecule has 0 bridgehead atoms. The van der Waals surface area contributed by atoms with Crippen LogP contribution in [0, 0.1) is 5.41 Å². The zero-order valence-corrected chi connectivity index (χ0v) is 11.6. The molecular formula is C11H19ClN6O. The molecule has 19 heavy (non-hydrogen) atoms. The zero-order chi connectivity index (χ0) is 12.4. The first-order valence-corrected chi connectivity index (χ1v) is 6.47. The Balaban J connectivity index is 0.00000133. The van der Waals surface area contributed by atoms with Crippen LogP contribution >= 0.6 is 12.4 Å². The Morgan fingerprint density at radius 3 is 2.79 bits per heavy atom. The highest BCUT2D eigenvalue weighted by molar-refractivity contribution is 5.85. The summed E-state index contributed by atoms with van der Waals surface area (Å²) in [5.74, 6) is 0.123. The summed E-state index contributed by atoms with van der Waals surface area (Å²) in [4.78, 5) is 14.1. The molecule has 3 heterocycles. The molecule has 0 unspecified atom stereocenters. The van der Waals surface area contributed by atoms with Gasteiger partial charge < -0.3 is 10.2 Å². The fourth-order valence-electron chi connectivity index (χ4n) is 3.00. The number of halogens is 1. The molecule has 2 saturated heterocycles. The molecule has 1 spiro atoms. The second-order valence-corrected chi connectivity index (χ2v) is 5.32. The van der Waals surface area contributed by atoms with Gasteiger partial charge in [-0.3, -0.25) is 4.79 Å². The van der Waals surface area contributed by atoms with Gasteiger partial charge in [-0.05, 0) is 48.2 Å². The number of carbonyl (C=O) groups excluding carboxylic acids is 1. The molecule has 0 atom stereocenters. The highest BCUT2D eigenvalue weighted by Gasteiger charge is 2.40. The minimum atomic E-state index is 0. The van der Waals surface area contributed by atoms with Crippen molar-refractivity contribution in [2.24, 2.45) is 5.41 Å². The number of piperidine rings is 1. The Bertz CT molecular complexity index is 417. The van der Waals surface area contributed by atoms with Gasteiger partial charge in [0.15, 0.2) is 0 Å². The van der Waals surface area contributed by atoms with Crippen molar-refractivity contribution >= 4 is 18.3 Å². The highest BCUT2D eigenvalue weighted by Crippen LogP contribution is 2.38. The summed E-state index contributed by atoms with van der Waals surface area (Å²) in [5, 5.41) is 14.2. The molecule has 7 nitrogen and oxygen atoms in total. The van der Waals surface area contributed by atoms with Gasteiger partial charge in [-0.25, -0.2) is 4.68 Å². The number of rotatable bonds is 2. The van der Waals surface area contributed by atoms with Gasteiger partial charge in [-0.2, -0.15) is 0 Å². The van der Waals surface area contributed by atoms with Crippen molar-refractivity contribution in [3.8, 4) is 0 Å². The Hall–Kier alpha value is -1.21. The first kappa shape index (κ1) is 14.2. The van der Waals surface area contributed by atoms with Gasteiger partial charge in [0.25, 0.3) is 0 Å². The Labute approximate surface area is 118 Å². The third-order valence-corrected chi connectivity index (χ3v) is 4.14. The molecule has 1 amide bonds. The van der Waals surface area contributed by atoms with Crippen LogP contribution in [0.2, 0.25) is 0 Å². The quantitative estimate of drug-likeness (QED) is 0.808. The van der Waals surface area contributed by atoms with Gasteiger partial charge in [0.2, 0.25) is 5.91 Å². The van der Waals surface area contributed by atoms with E-state index in [9.17, 15) is 4.79 Å². The number of nitrogens with zero attached hydrogens (tertiary/aromatic N) is 5. The van der Waals surface area contributed by atoms with Crippen molar-refractivity contribution in [2.45, 2.75) is 25.8 Å². The molecule has 1 N–H and O–H groups in total. The van der Waals surface area contributed by atoms with Gasteiger partial charge in [0.1, 0.15) is 12.9 Å². The fraction of sp³-hybridized carbons (Fsp3) is 0.818. The molecule has 0 radical (unpaired) electrons. The van der Waals surface area contributed by atoms with E-state index in [1.807, 2.05) is 4.90 Å². The van der Waals surface area contributed by atoms with Gasteiger partial charge >= 0.3 is 0 Å². The second-order valence-electron chi connectivity index (χ2n) is 5.32. The maximum Gasteiger partial charge on any atom is 0.244 e. The summed E-state index contributed by atoms with van der Waals surface area (Å²) < 4.78 is 1.48. The van der Waals surface area contributed by atoms with Crippen molar-refractivity contribution in [3.05, 3.63) is 6.33 Å². The molecule has 3 rings (SSSR count). The van der Waals surface area contributed by atoms with Crippen LogP contribution in [0.5, 0.6) is 0 Å². The predicted molar refractivity (Wildman–Crippen MR) is 70.8 cm³/mol. The average Bonchev–Trinajstić information content (AvgIpc) is 3.01. The average molecular weight is 287 g/mol. The molecule has 0 saturated carbocycles. The zero-order valence-electron chi connectivity index (χ0n) is 10.8. The molecule has 2 aliphatic rings. The van der Waals surface area contributed by atoms with Crippen molar-refractivity contribution in [2.75, 3.05) is 26.2 Å². The minimum Gasteiger partial charge on any atom is -0.341 e. The van der Waals surface area contributed by atoms with E-state index in [1.54, 1.807) is 0 Å². The smallest absolute Gasteiger partial charge is 0.244 e. The molecular weight excluding hydrogens is 268 g/mol. The van der Waals surface area contributed by atoms with E-state index in [2.05, 4.69) is 20.8 Å². The van der Waals surface area contributed by atoms with Crippen LogP contribution in [-0.2, 0) is 11.3 Å². The first-order valence-electron chi connectivity index (χ1n) is 6.47. The maximum atomic E-state index is 12.1. The minimum absolute atomic E-state index is 0. The fourth-order valence-corrected chi connectivity index (χ4v) is 3.00. The largest absolute Gasteiger partial charge is 0.341 e. The maximum absolute atomic E-state index is 12.1. The third-order valence-electron chi connectivity index (χ3n) is 4.14. The van der Waals surface area contributed by atoms with Crippen LogP contribution in [0.25, 0.3) is 0 Å². The summed E-state index contributed by atoms with van der Waals surface area (Å²) in [6.45, 7) is 4.18. The van der Waals surface area contributed by atoms with Crippen molar-refractivity contribution in [3.63, 3.8) is 0 Å². The molecule has 0 aliphatic carbocycles. The Morgan fingerprint density at radius 2 is 2.11 bits per heavy atom. The van der Waals surface area contributed by atoms with Gasteiger partial charge in [0.05, 0.1) is 0 Å². The second kappa shape index (κ2) is 5.83. The van der Waals surface area contributed by atoms with E-state index in [0.717, 1.165) is 32.6 Å². The normalized spacial score (nSPS) is 21.4. The Kier molecular flexibility index (Phi) is 4.36. The SMILES string of the molecule is Cl.O=C(Cn1cnnn1)N1CCC2(CCNCC2)C1. The lowest BCUT2D eigenvalue weighted by Gasteiger charge is -2.33. The summed E-state index contributed by atoms with van der Waals surface area (Å²) in [5.41, 5.74) is 0.363. The van der Waals surface area contributed by atoms with Gasteiger partial charge in [0, 0.05) is 13.1 Å². The molecule has 8 heteroatoms. The topological polar surface area (TPSA) is 75.9 Å². The number of tetrazole rings is 1. The van der Waals surface area contributed by atoms with Crippen LogP contribution in [0.4, 0.5) is 0 Å². The molecule has 1 aromatic heterocycles. The summed E-state index contributed by atoms with van der Waals surface area (Å²) in [7, 11) is 0. The number of amides is 1. The molecule has 2 fully saturated rings. The van der Waals surface area contributed by atoms with Crippen molar-refractivity contribution in [1.29, 1.82) is 0 Å².